The Morgan fingerprint density at radius 2 is 1.71 bits per heavy atom. The Morgan fingerprint density at radius 3 is 2.42 bits per heavy atom. The lowest BCUT2D eigenvalue weighted by Crippen LogP contribution is -2.17. The normalized spacial score (nSPS) is 15.2. The van der Waals surface area contributed by atoms with Gasteiger partial charge in [-0.15, -0.1) is 0 Å². The molecule has 0 aliphatic carbocycles. The number of hydrogen-bond donors (Lipinski definition) is 2. The fourth-order valence-electron chi connectivity index (χ4n) is 4.24. The van der Waals surface area contributed by atoms with Crippen molar-refractivity contribution in [1.29, 1.82) is 0 Å². The second-order valence-electron chi connectivity index (χ2n) is 8.65. The molecule has 38 heavy (non-hydrogen) atoms. The van der Waals surface area contributed by atoms with Gasteiger partial charge in [0.05, 0.1) is 36.4 Å². The Kier molecular flexibility index (Phi) is 5.88. The van der Waals surface area contributed by atoms with Gasteiger partial charge in [-0.1, -0.05) is 47.0 Å². The molecule has 3 heterocycles. The minimum absolute atomic E-state index is 0.118. The number of aryl methyl sites for hydroxylation is 1. The van der Waals surface area contributed by atoms with Crippen LogP contribution in [0.4, 0.5) is 4.79 Å². The predicted molar refractivity (Wildman–Crippen MR) is 150 cm³/mol. The molecule has 0 radical (unpaired) electrons. The summed E-state index contributed by atoms with van der Waals surface area (Å²) < 4.78 is 29.1. The van der Waals surface area contributed by atoms with Gasteiger partial charge in [0.2, 0.25) is 0 Å². The molecule has 2 N–H and O–H groups in total. The van der Waals surface area contributed by atoms with Crippen LogP contribution in [0.2, 0.25) is 10.0 Å². The number of nitrogens with one attached hydrogen (secondary N) is 2. The van der Waals surface area contributed by atoms with Gasteiger partial charge in [-0.25, -0.2) is 17.4 Å². The van der Waals surface area contributed by atoms with Crippen LogP contribution >= 0.6 is 35.0 Å². The van der Waals surface area contributed by atoms with Crippen molar-refractivity contribution in [3.8, 4) is 11.5 Å². The van der Waals surface area contributed by atoms with E-state index in [2.05, 4.69) is 15.3 Å². The van der Waals surface area contributed by atoms with Gasteiger partial charge in [-0.3, -0.25) is 14.9 Å². The minimum atomic E-state index is -4.05. The predicted octanol–water partition coefficient (Wildman–Crippen LogP) is 6.36. The Bertz CT molecular complexity index is 1920. The Hall–Kier alpha value is -3.57. The van der Waals surface area contributed by atoms with Crippen molar-refractivity contribution in [2.75, 3.05) is 0 Å². The average Bonchev–Trinajstić information content (AvgIpc) is 3.54. The van der Waals surface area contributed by atoms with E-state index < -0.39 is 21.2 Å². The van der Waals surface area contributed by atoms with E-state index in [1.54, 1.807) is 66.7 Å². The minimum Gasteiger partial charge on any atom is -0.337 e. The molecule has 0 bridgehead atoms. The first-order valence-corrected chi connectivity index (χ1v) is 14.2. The largest absolute Gasteiger partial charge is 0.337 e. The number of thioether (sulfide) groups is 1. The number of aromatic amines is 1. The third kappa shape index (κ3) is 4.19. The molecule has 2 aromatic heterocycles. The molecule has 1 saturated heterocycles. The Morgan fingerprint density at radius 1 is 0.974 bits per heavy atom. The lowest BCUT2D eigenvalue weighted by Gasteiger charge is -2.11. The van der Waals surface area contributed by atoms with Crippen molar-refractivity contribution in [1.82, 2.24) is 19.3 Å². The summed E-state index contributed by atoms with van der Waals surface area (Å²) in [4.78, 5) is 31.7. The van der Waals surface area contributed by atoms with E-state index in [0.29, 0.717) is 49.1 Å². The van der Waals surface area contributed by atoms with E-state index in [-0.39, 0.29) is 9.80 Å². The molecule has 190 valence electrons. The fourth-order valence-corrected chi connectivity index (χ4v) is 6.75. The van der Waals surface area contributed by atoms with Gasteiger partial charge in [0.15, 0.2) is 5.82 Å². The molecule has 12 heteroatoms. The third-order valence-corrected chi connectivity index (χ3v) is 9.32. The monoisotopic (exact) mass is 582 g/mol. The number of amides is 2. The number of carbonyl (C=O) groups excluding carboxylic acids is 2. The lowest BCUT2D eigenvalue weighted by atomic mass is 10.1. The second-order valence-corrected chi connectivity index (χ2v) is 12.3. The summed E-state index contributed by atoms with van der Waals surface area (Å²) in [6.45, 7) is 1.88. The maximum absolute atomic E-state index is 14.0. The SMILES string of the molecule is Cc1ccc(S(=O)(=O)n2c(-c3nc4cc(Cl)c(Cl)cc4[nH]3)cc3cc(/C=C4/SC(=O)NC4=O)ccc32)cc1. The number of imidazole rings is 1. The summed E-state index contributed by atoms with van der Waals surface area (Å²) in [5.74, 6) is -0.165. The van der Waals surface area contributed by atoms with Gasteiger partial charge in [-0.2, -0.15) is 0 Å². The summed E-state index contributed by atoms with van der Waals surface area (Å²) in [5, 5.41) is 3.05. The van der Waals surface area contributed by atoms with Gasteiger partial charge in [0.25, 0.3) is 21.2 Å². The van der Waals surface area contributed by atoms with Crippen molar-refractivity contribution in [2.45, 2.75) is 11.8 Å². The molecular formula is C26H16Cl2N4O4S2. The number of carbonyl (C=O) groups is 2. The van der Waals surface area contributed by atoms with E-state index in [4.69, 9.17) is 23.2 Å². The topological polar surface area (TPSA) is 114 Å². The zero-order valence-electron chi connectivity index (χ0n) is 19.5. The zero-order valence-corrected chi connectivity index (χ0v) is 22.6. The molecule has 0 saturated carbocycles. The first kappa shape index (κ1) is 24.7. The third-order valence-electron chi connectivity index (χ3n) is 6.05. The highest BCUT2D eigenvalue weighted by molar-refractivity contribution is 8.18. The van der Waals surface area contributed by atoms with Crippen LogP contribution < -0.4 is 5.32 Å². The highest BCUT2D eigenvalue weighted by Crippen LogP contribution is 2.35. The number of nitrogens with zero attached hydrogens (tertiary/aromatic N) is 2. The van der Waals surface area contributed by atoms with Crippen LogP contribution in [0.25, 0.3) is 39.5 Å². The second kappa shape index (κ2) is 9.02. The van der Waals surface area contributed by atoms with Crippen molar-refractivity contribution < 1.29 is 18.0 Å². The van der Waals surface area contributed by atoms with Gasteiger partial charge < -0.3 is 4.98 Å². The summed E-state index contributed by atoms with van der Waals surface area (Å²) in [5.41, 5.74) is 3.40. The van der Waals surface area contributed by atoms with Gasteiger partial charge >= 0.3 is 0 Å². The number of imide groups is 1. The molecule has 8 nitrogen and oxygen atoms in total. The molecular weight excluding hydrogens is 567 g/mol. The Labute approximate surface area is 230 Å². The molecule has 0 atom stereocenters. The van der Waals surface area contributed by atoms with Crippen LogP contribution in [0.5, 0.6) is 0 Å². The van der Waals surface area contributed by atoms with Crippen LogP contribution in [-0.4, -0.2) is 33.5 Å². The number of hydrogen-bond acceptors (Lipinski definition) is 6. The quantitative estimate of drug-likeness (QED) is 0.238. The molecule has 1 aliphatic heterocycles. The number of halogens is 2. The summed E-state index contributed by atoms with van der Waals surface area (Å²) >= 11 is 13.1. The van der Waals surface area contributed by atoms with Crippen molar-refractivity contribution in [3.63, 3.8) is 0 Å². The van der Waals surface area contributed by atoms with E-state index in [9.17, 15) is 18.0 Å². The Balaban J connectivity index is 1.58. The van der Waals surface area contributed by atoms with Gasteiger partial charge in [0.1, 0.15) is 5.69 Å². The average molecular weight is 583 g/mol. The zero-order chi connectivity index (χ0) is 26.8. The number of benzene rings is 3. The molecule has 0 unspecified atom stereocenters. The number of aromatic nitrogens is 3. The van der Waals surface area contributed by atoms with Crippen LogP contribution in [-0.2, 0) is 14.8 Å². The molecule has 5 aromatic rings. The molecule has 0 spiro atoms. The molecule has 1 fully saturated rings. The highest BCUT2D eigenvalue weighted by Gasteiger charge is 2.27. The summed E-state index contributed by atoms with van der Waals surface area (Å²) in [6.07, 6.45) is 1.58. The van der Waals surface area contributed by atoms with Crippen molar-refractivity contribution in [2.24, 2.45) is 0 Å². The maximum atomic E-state index is 14.0. The molecule has 6 rings (SSSR count). The summed E-state index contributed by atoms with van der Waals surface area (Å²) in [6, 6.07) is 16.6. The summed E-state index contributed by atoms with van der Waals surface area (Å²) in [7, 11) is -4.05. The van der Waals surface area contributed by atoms with Gasteiger partial charge in [0, 0.05) is 5.39 Å². The molecule has 2 amide bonds. The van der Waals surface area contributed by atoms with Crippen LogP contribution in [0.3, 0.4) is 0 Å². The smallest absolute Gasteiger partial charge is 0.290 e. The molecule has 3 aromatic carbocycles. The molecule has 1 aliphatic rings. The number of fused-ring (bicyclic) bond motifs is 2. The van der Waals surface area contributed by atoms with Crippen LogP contribution in [0, 0.1) is 6.92 Å². The number of rotatable bonds is 4. The lowest BCUT2D eigenvalue weighted by molar-refractivity contribution is -0.115. The van der Waals surface area contributed by atoms with E-state index in [1.807, 2.05) is 6.92 Å². The van der Waals surface area contributed by atoms with Crippen molar-refractivity contribution >= 4 is 84.1 Å². The first-order valence-electron chi connectivity index (χ1n) is 11.2. The fraction of sp³-hybridized carbons (Fsp3) is 0.0385. The van der Waals surface area contributed by atoms with E-state index >= 15 is 0 Å². The van der Waals surface area contributed by atoms with Crippen LogP contribution in [0.1, 0.15) is 11.1 Å². The standard InChI is InChI=1S/C26H16Cl2N4O4S2/c1-13-2-5-16(6-3-13)38(35,36)32-21-7-4-14(9-23-25(33)31-26(34)37-23)8-15(21)10-22(32)24-29-19-11-17(27)18(28)12-20(19)30-24/h2-12H,1H3,(H,29,30)(H,31,33,34)/b23-9+. The van der Waals surface area contributed by atoms with Crippen LogP contribution in [0.15, 0.2) is 70.5 Å². The maximum Gasteiger partial charge on any atom is 0.290 e. The number of H-pyrrole nitrogens is 1. The van der Waals surface area contributed by atoms with E-state index in [1.165, 1.54) is 3.97 Å². The highest BCUT2D eigenvalue weighted by atomic mass is 35.5. The van der Waals surface area contributed by atoms with E-state index in [0.717, 1.165) is 17.3 Å². The van der Waals surface area contributed by atoms with Gasteiger partial charge in [-0.05, 0) is 72.8 Å². The first-order chi connectivity index (χ1) is 18.1. The van der Waals surface area contributed by atoms with Crippen molar-refractivity contribution in [3.05, 3.63) is 86.7 Å².